The van der Waals surface area contributed by atoms with Crippen molar-refractivity contribution in [2.24, 2.45) is 0 Å². The van der Waals surface area contributed by atoms with Gasteiger partial charge in [-0.15, -0.1) is 5.10 Å². The summed E-state index contributed by atoms with van der Waals surface area (Å²) in [6, 6.07) is 8.50. The lowest BCUT2D eigenvalue weighted by molar-refractivity contribution is 0.851. The van der Waals surface area contributed by atoms with Crippen LogP contribution in [-0.2, 0) is 0 Å². The predicted molar refractivity (Wildman–Crippen MR) is 82.4 cm³/mol. The van der Waals surface area contributed by atoms with Gasteiger partial charge in [0.05, 0.1) is 6.20 Å². The maximum absolute atomic E-state index is 4.41. The lowest BCUT2D eigenvalue weighted by Crippen LogP contribution is -2.13. The number of para-hydroxylation sites is 1. The summed E-state index contributed by atoms with van der Waals surface area (Å²) in [6.07, 6.45) is 1.63. The standard InChI is InChI=1S/C15H21N5/c1-10(2)12-7-5-6-8-13(12)18-14-9-16-20-15(19-14)17-11(3)4/h5-11H,1-4H3,(H2,17,18,19,20). The van der Waals surface area contributed by atoms with Crippen molar-refractivity contribution in [1.29, 1.82) is 0 Å². The number of benzene rings is 1. The van der Waals surface area contributed by atoms with Gasteiger partial charge < -0.3 is 10.6 Å². The first kappa shape index (κ1) is 14.2. The third kappa shape index (κ3) is 3.66. The maximum Gasteiger partial charge on any atom is 0.244 e. The lowest BCUT2D eigenvalue weighted by atomic mass is 10.0. The molecule has 106 valence electrons. The number of nitrogens with zero attached hydrogens (tertiary/aromatic N) is 3. The lowest BCUT2D eigenvalue weighted by Gasteiger charge is -2.14. The zero-order valence-corrected chi connectivity index (χ0v) is 12.4. The topological polar surface area (TPSA) is 62.7 Å². The van der Waals surface area contributed by atoms with Crippen molar-refractivity contribution in [3.63, 3.8) is 0 Å². The minimum absolute atomic E-state index is 0.273. The second-order valence-electron chi connectivity index (χ2n) is 5.33. The van der Waals surface area contributed by atoms with Crippen molar-refractivity contribution in [3.05, 3.63) is 36.0 Å². The molecule has 2 N–H and O–H groups in total. The Labute approximate surface area is 119 Å². The fourth-order valence-electron chi connectivity index (χ4n) is 1.94. The summed E-state index contributed by atoms with van der Waals surface area (Å²) in [5.41, 5.74) is 2.31. The molecule has 0 spiro atoms. The second kappa shape index (κ2) is 6.32. The first-order valence-electron chi connectivity index (χ1n) is 6.88. The average molecular weight is 271 g/mol. The van der Waals surface area contributed by atoms with Crippen LogP contribution in [0.5, 0.6) is 0 Å². The minimum atomic E-state index is 0.273. The van der Waals surface area contributed by atoms with Crippen LogP contribution >= 0.6 is 0 Å². The molecule has 2 aromatic rings. The van der Waals surface area contributed by atoms with E-state index in [-0.39, 0.29) is 6.04 Å². The van der Waals surface area contributed by atoms with Gasteiger partial charge in [-0.25, -0.2) is 0 Å². The summed E-state index contributed by atoms with van der Waals surface area (Å²) >= 11 is 0. The van der Waals surface area contributed by atoms with E-state index in [1.807, 2.05) is 32.0 Å². The summed E-state index contributed by atoms with van der Waals surface area (Å²) in [5.74, 6) is 1.67. The third-order valence-corrected chi connectivity index (χ3v) is 2.82. The smallest absolute Gasteiger partial charge is 0.244 e. The number of anilines is 3. The van der Waals surface area contributed by atoms with Crippen LogP contribution in [0, 0.1) is 0 Å². The first-order chi connectivity index (χ1) is 9.56. The molecule has 0 radical (unpaired) electrons. The van der Waals surface area contributed by atoms with E-state index in [1.165, 1.54) is 5.56 Å². The number of hydrogen-bond donors (Lipinski definition) is 2. The van der Waals surface area contributed by atoms with E-state index in [0.717, 1.165) is 5.69 Å². The summed E-state index contributed by atoms with van der Waals surface area (Å²) < 4.78 is 0. The van der Waals surface area contributed by atoms with Crippen molar-refractivity contribution in [1.82, 2.24) is 15.2 Å². The van der Waals surface area contributed by atoms with Crippen LogP contribution in [0.2, 0.25) is 0 Å². The molecular formula is C15H21N5. The molecule has 0 fully saturated rings. The quantitative estimate of drug-likeness (QED) is 0.870. The normalized spacial score (nSPS) is 10.9. The van der Waals surface area contributed by atoms with Gasteiger partial charge in [0.2, 0.25) is 5.95 Å². The molecule has 1 aromatic heterocycles. The van der Waals surface area contributed by atoms with Crippen molar-refractivity contribution < 1.29 is 0 Å². The molecule has 2 rings (SSSR count). The number of nitrogens with one attached hydrogen (secondary N) is 2. The first-order valence-corrected chi connectivity index (χ1v) is 6.88. The summed E-state index contributed by atoms with van der Waals surface area (Å²) in [5, 5.41) is 14.4. The van der Waals surface area contributed by atoms with Crippen LogP contribution in [-0.4, -0.2) is 21.2 Å². The Hall–Kier alpha value is -2.17. The van der Waals surface area contributed by atoms with Gasteiger partial charge in [-0.3, -0.25) is 0 Å². The molecule has 20 heavy (non-hydrogen) atoms. The third-order valence-electron chi connectivity index (χ3n) is 2.82. The predicted octanol–water partition coefficient (Wildman–Crippen LogP) is 3.56. The fourth-order valence-corrected chi connectivity index (χ4v) is 1.94. The van der Waals surface area contributed by atoms with Crippen molar-refractivity contribution in [2.75, 3.05) is 10.6 Å². The van der Waals surface area contributed by atoms with Gasteiger partial charge >= 0.3 is 0 Å². The molecule has 0 atom stereocenters. The van der Waals surface area contributed by atoms with Gasteiger partial charge in [0.25, 0.3) is 0 Å². The highest BCUT2D eigenvalue weighted by Gasteiger charge is 2.07. The Morgan fingerprint density at radius 3 is 2.50 bits per heavy atom. The van der Waals surface area contributed by atoms with Crippen LogP contribution in [0.3, 0.4) is 0 Å². The molecule has 0 unspecified atom stereocenters. The van der Waals surface area contributed by atoms with Gasteiger partial charge in [0.1, 0.15) is 0 Å². The van der Waals surface area contributed by atoms with Crippen LogP contribution < -0.4 is 10.6 Å². The minimum Gasteiger partial charge on any atom is -0.351 e. The van der Waals surface area contributed by atoms with Gasteiger partial charge in [-0.05, 0) is 31.4 Å². The highest BCUT2D eigenvalue weighted by atomic mass is 15.3. The zero-order valence-electron chi connectivity index (χ0n) is 12.4. The van der Waals surface area contributed by atoms with Crippen molar-refractivity contribution in [2.45, 2.75) is 39.7 Å². The van der Waals surface area contributed by atoms with E-state index < -0.39 is 0 Å². The highest BCUT2D eigenvalue weighted by Crippen LogP contribution is 2.26. The molecular weight excluding hydrogens is 250 g/mol. The fraction of sp³-hybridized carbons (Fsp3) is 0.400. The molecule has 0 aliphatic rings. The molecule has 1 aromatic carbocycles. The van der Waals surface area contributed by atoms with Gasteiger partial charge in [0.15, 0.2) is 5.82 Å². The van der Waals surface area contributed by atoms with Gasteiger partial charge in [-0.2, -0.15) is 10.1 Å². The molecule has 1 heterocycles. The number of rotatable bonds is 5. The SMILES string of the molecule is CC(C)Nc1nncc(Nc2ccccc2C(C)C)n1. The van der Waals surface area contributed by atoms with E-state index in [9.17, 15) is 0 Å². The molecule has 0 saturated heterocycles. The van der Waals surface area contributed by atoms with Crippen LogP contribution in [0.4, 0.5) is 17.5 Å². The van der Waals surface area contributed by atoms with E-state index >= 15 is 0 Å². The Bertz CT molecular complexity index is 566. The van der Waals surface area contributed by atoms with Crippen LogP contribution in [0.1, 0.15) is 39.2 Å². The molecule has 0 aliphatic heterocycles. The molecule has 0 saturated carbocycles. The maximum atomic E-state index is 4.41. The van der Waals surface area contributed by atoms with Crippen LogP contribution in [0.25, 0.3) is 0 Å². The van der Waals surface area contributed by atoms with E-state index in [2.05, 4.69) is 45.7 Å². The Balaban J connectivity index is 2.22. The Kier molecular flexibility index (Phi) is 4.50. The summed E-state index contributed by atoms with van der Waals surface area (Å²) in [7, 11) is 0. The molecule has 0 amide bonds. The van der Waals surface area contributed by atoms with Gasteiger partial charge in [0, 0.05) is 11.7 Å². The van der Waals surface area contributed by atoms with Crippen molar-refractivity contribution >= 4 is 17.5 Å². The van der Waals surface area contributed by atoms with E-state index in [1.54, 1.807) is 6.20 Å². The molecule has 0 aliphatic carbocycles. The molecule has 0 bridgehead atoms. The van der Waals surface area contributed by atoms with E-state index in [4.69, 9.17) is 0 Å². The number of hydrogen-bond acceptors (Lipinski definition) is 5. The molecule has 5 nitrogen and oxygen atoms in total. The number of aromatic nitrogens is 3. The molecule has 5 heteroatoms. The largest absolute Gasteiger partial charge is 0.351 e. The second-order valence-corrected chi connectivity index (χ2v) is 5.33. The zero-order chi connectivity index (χ0) is 14.5. The summed E-state index contributed by atoms with van der Waals surface area (Å²) in [4.78, 5) is 4.41. The highest BCUT2D eigenvalue weighted by molar-refractivity contribution is 5.61. The van der Waals surface area contributed by atoms with E-state index in [0.29, 0.717) is 17.7 Å². The Morgan fingerprint density at radius 2 is 1.80 bits per heavy atom. The van der Waals surface area contributed by atoms with Gasteiger partial charge in [-0.1, -0.05) is 32.0 Å². The van der Waals surface area contributed by atoms with Crippen molar-refractivity contribution in [3.8, 4) is 0 Å². The average Bonchev–Trinajstić information content (AvgIpc) is 2.38. The van der Waals surface area contributed by atoms with Crippen LogP contribution in [0.15, 0.2) is 30.5 Å². The Morgan fingerprint density at radius 1 is 1.05 bits per heavy atom. The summed E-state index contributed by atoms with van der Waals surface area (Å²) in [6.45, 7) is 8.42. The monoisotopic (exact) mass is 271 g/mol.